The molecule has 1 saturated heterocycles. The van der Waals surface area contributed by atoms with Crippen molar-refractivity contribution in [3.8, 4) is 5.75 Å². The first-order valence-corrected chi connectivity index (χ1v) is 10.1. The lowest BCUT2D eigenvalue weighted by Gasteiger charge is -2.17. The number of ether oxygens (including phenoxy) is 2. The molecule has 0 saturated carbocycles. The van der Waals surface area contributed by atoms with Gasteiger partial charge in [-0.2, -0.15) is 0 Å². The highest BCUT2D eigenvalue weighted by Gasteiger charge is 2.36. The molecule has 0 unspecified atom stereocenters. The zero-order valence-corrected chi connectivity index (χ0v) is 18.2. The van der Waals surface area contributed by atoms with Gasteiger partial charge in [-0.1, -0.05) is 15.9 Å². The lowest BCUT2D eigenvalue weighted by Crippen LogP contribution is -2.43. The lowest BCUT2D eigenvalue weighted by molar-refractivity contribution is -0.152. The molecule has 1 aliphatic heterocycles. The molecule has 3 rings (SSSR count). The van der Waals surface area contributed by atoms with E-state index < -0.39 is 30.3 Å². The SMILES string of the molecule is COc1ccc(N2C[C@H](C(=O)OCC(=O)NNC(=O)c3ccc(Br)cc3)CC2=O)cc1. The molecule has 1 heterocycles. The smallest absolute Gasteiger partial charge is 0.311 e. The molecule has 1 aliphatic rings. The van der Waals surface area contributed by atoms with Crippen molar-refractivity contribution in [2.75, 3.05) is 25.2 Å². The third kappa shape index (κ3) is 5.82. The summed E-state index contributed by atoms with van der Waals surface area (Å²) >= 11 is 3.27. The number of hydrogen-bond acceptors (Lipinski definition) is 6. The van der Waals surface area contributed by atoms with Crippen molar-refractivity contribution >= 4 is 45.3 Å². The van der Waals surface area contributed by atoms with Crippen molar-refractivity contribution in [3.63, 3.8) is 0 Å². The Kier molecular flexibility index (Phi) is 7.24. The summed E-state index contributed by atoms with van der Waals surface area (Å²) in [5.41, 5.74) is 5.42. The van der Waals surface area contributed by atoms with Gasteiger partial charge in [0.05, 0.1) is 13.0 Å². The number of amides is 3. The maximum Gasteiger partial charge on any atom is 0.311 e. The van der Waals surface area contributed by atoms with Gasteiger partial charge >= 0.3 is 5.97 Å². The van der Waals surface area contributed by atoms with Gasteiger partial charge in [0.2, 0.25) is 5.91 Å². The normalized spacial score (nSPS) is 15.4. The molecule has 0 radical (unpaired) electrons. The number of rotatable bonds is 6. The fourth-order valence-electron chi connectivity index (χ4n) is 2.97. The van der Waals surface area contributed by atoms with Gasteiger partial charge in [-0.3, -0.25) is 30.0 Å². The molecule has 31 heavy (non-hydrogen) atoms. The van der Waals surface area contributed by atoms with Crippen LogP contribution in [0.1, 0.15) is 16.8 Å². The highest BCUT2D eigenvalue weighted by molar-refractivity contribution is 9.10. The quantitative estimate of drug-likeness (QED) is 0.472. The molecule has 2 aromatic carbocycles. The second kappa shape index (κ2) is 10.1. The van der Waals surface area contributed by atoms with E-state index in [0.717, 1.165) is 4.47 Å². The summed E-state index contributed by atoms with van der Waals surface area (Å²) in [6.07, 6.45) is -0.00716. The number of nitrogens with zero attached hydrogens (tertiary/aromatic N) is 1. The molecule has 2 N–H and O–H groups in total. The number of carbonyl (C=O) groups is 4. The Balaban J connectivity index is 1.44. The molecule has 162 valence electrons. The number of carbonyl (C=O) groups excluding carboxylic acids is 4. The Morgan fingerprint density at radius 2 is 1.74 bits per heavy atom. The molecule has 0 bridgehead atoms. The highest BCUT2D eigenvalue weighted by atomic mass is 79.9. The average molecular weight is 490 g/mol. The lowest BCUT2D eigenvalue weighted by atomic mass is 10.1. The maximum atomic E-state index is 12.3. The van der Waals surface area contributed by atoms with E-state index in [2.05, 4.69) is 26.8 Å². The number of methoxy groups -OCH3 is 1. The molecule has 3 amide bonds. The second-order valence-corrected chi connectivity index (χ2v) is 7.64. The summed E-state index contributed by atoms with van der Waals surface area (Å²) in [5.74, 6) is -2.10. The number of hydrogen-bond donors (Lipinski definition) is 2. The molecule has 10 heteroatoms. The molecule has 0 aromatic heterocycles. The van der Waals surface area contributed by atoms with Crippen LogP contribution in [0.2, 0.25) is 0 Å². The minimum atomic E-state index is -0.699. The molecule has 0 spiro atoms. The third-order valence-corrected chi connectivity index (χ3v) is 5.14. The Hall–Kier alpha value is -3.40. The van der Waals surface area contributed by atoms with Crippen LogP contribution in [0, 0.1) is 5.92 Å². The first-order valence-electron chi connectivity index (χ1n) is 9.33. The molecule has 0 aliphatic carbocycles. The number of hydrazine groups is 1. The van der Waals surface area contributed by atoms with Crippen LogP contribution in [0.25, 0.3) is 0 Å². The average Bonchev–Trinajstić information content (AvgIpc) is 3.18. The number of esters is 1. The van der Waals surface area contributed by atoms with Crippen molar-refractivity contribution < 1.29 is 28.7 Å². The van der Waals surface area contributed by atoms with E-state index in [9.17, 15) is 19.2 Å². The number of halogens is 1. The van der Waals surface area contributed by atoms with Gasteiger partial charge in [-0.25, -0.2) is 0 Å². The van der Waals surface area contributed by atoms with Crippen molar-refractivity contribution in [3.05, 3.63) is 58.6 Å². The minimum absolute atomic E-state index is 0.00716. The third-order valence-electron chi connectivity index (χ3n) is 4.61. The van der Waals surface area contributed by atoms with E-state index in [1.165, 1.54) is 4.90 Å². The van der Waals surface area contributed by atoms with Crippen molar-refractivity contribution in [1.29, 1.82) is 0 Å². The van der Waals surface area contributed by atoms with Crippen molar-refractivity contribution in [1.82, 2.24) is 10.9 Å². The zero-order valence-electron chi connectivity index (χ0n) is 16.6. The topological polar surface area (TPSA) is 114 Å². The van der Waals surface area contributed by atoms with Crippen LogP contribution >= 0.6 is 15.9 Å². The highest BCUT2D eigenvalue weighted by Crippen LogP contribution is 2.27. The molecule has 1 atom stereocenters. The second-order valence-electron chi connectivity index (χ2n) is 6.72. The van der Waals surface area contributed by atoms with Crippen LogP contribution in [0.15, 0.2) is 53.0 Å². The van der Waals surface area contributed by atoms with Crippen LogP contribution in [0.3, 0.4) is 0 Å². The van der Waals surface area contributed by atoms with Crippen LogP contribution < -0.4 is 20.5 Å². The maximum absolute atomic E-state index is 12.3. The van der Waals surface area contributed by atoms with Crippen LogP contribution in [-0.2, 0) is 19.1 Å². The van der Waals surface area contributed by atoms with E-state index in [4.69, 9.17) is 9.47 Å². The predicted octanol–water partition coefficient (Wildman–Crippen LogP) is 1.82. The van der Waals surface area contributed by atoms with Gasteiger partial charge < -0.3 is 14.4 Å². The molecule has 1 fully saturated rings. The first kappa shape index (κ1) is 22.3. The summed E-state index contributed by atoms with van der Waals surface area (Å²) < 4.78 is 10.9. The summed E-state index contributed by atoms with van der Waals surface area (Å²) in [6.45, 7) is -0.418. The van der Waals surface area contributed by atoms with Crippen molar-refractivity contribution in [2.24, 2.45) is 5.92 Å². The summed E-state index contributed by atoms with van der Waals surface area (Å²) in [4.78, 5) is 49.9. The van der Waals surface area contributed by atoms with Gasteiger partial charge in [0, 0.05) is 28.7 Å². The van der Waals surface area contributed by atoms with Gasteiger partial charge in [0.15, 0.2) is 6.61 Å². The largest absolute Gasteiger partial charge is 0.497 e. The first-order chi connectivity index (χ1) is 14.9. The van der Waals surface area contributed by atoms with Gasteiger partial charge in [0.25, 0.3) is 11.8 Å². The Morgan fingerprint density at radius 1 is 1.06 bits per heavy atom. The number of nitrogens with one attached hydrogen (secondary N) is 2. The van der Waals surface area contributed by atoms with E-state index in [-0.39, 0.29) is 18.9 Å². The minimum Gasteiger partial charge on any atom is -0.497 e. The summed E-state index contributed by atoms with van der Waals surface area (Å²) in [5, 5.41) is 0. The van der Waals surface area contributed by atoms with E-state index in [1.54, 1.807) is 55.6 Å². The number of anilines is 1. The molecular weight excluding hydrogens is 470 g/mol. The van der Waals surface area contributed by atoms with Crippen LogP contribution in [0.4, 0.5) is 5.69 Å². The number of benzene rings is 2. The van der Waals surface area contributed by atoms with E-state index in [0.29, 0.717) is 17.0 Å². The standard InChI is InChI=1S/C21H20BrN3O6/c1-30-17-8-6-16(7-9-17)25-11-14(10-19(25)27)21(29)31-12-18(26)23-24-20(28)13-2-4-15(22)5-3-13/h2-9,14H,10-12H2,1H3,(H,23,26)(H,24,28)/t14-/m1/s1. The van der Waals surface area contributed by atoms with Gasteiger partial charge in [0.1, 0.15) is 5.75 Å². The van der Waals surface area contributed by atoms with Crippen LogP contribution in [-0.4, -0.2) is 44.0 Å². The Morgan fingerprint density at radius 3 is 2.39 bits per heavy atom. The van der Waals surface area contributed by atoms with Crippen molar-refractivity contribution in [2.45, 2.75) is 6.42 Å². The Bertz CT molecular complexity index is 978. The Labute approximate surface area is 186 Å². The fourth-order valence-corrected chi connectivity index (χ4v) is 3.23. The zero-order chi connectivity index (χ0) is 22.4. The molecular formula is C21H20BrN3O6. The molecule has 9 nitrogen and oxygen atoms in total. The van der Waals surface area contributed by atoms with E-state index in [1.807, 2.05) is 0 Å². The van der Waals surface area contributed by atoms with Gasteiger partial charge in [-0.15, -0.1) is 0 Å². The van der Waals surface area contributed by atoms with Gasteiger partial charge in [-0.05, 0) is 48.5 Å². The summed E-state index contributed by atoms with van der Waals surface area (Å²) in [7, 11) is 1.55. The summed E-state index contributed by atoms with van der Waals surface area (Å²) in [6, 6.07) is 13.4. The van der Waals surface area contributed by atoms with Crippen LogP contribution in [0.5, 0.6) is 5.75 Å². The van der Waals surface area contributed by atoms with E-state index >= 15 is 0 Å². The monoisotopic (exact) mass is 489 g/mol. The predicted molar refractivity (Wildman–Crippen MR) is 114 cm³/mol. The molecule has 2 aromatic rings. The fraction of sp³-hybridized carbons (Fsp3) is 0.238.